The molecule has 1 saturated heterocycles. The third-order valence-electron chi connectivity index (χ3n) is 4.19. The minimum Gasteiger partial charge on any atom is -0.467 e. The molecule has 0 spiro atoms. The van der Waals surface area contributed by atoms with Crippen molar-refractivity contribution in [1.82, 2.24) is 14.9 Å². The second-order valence-corrected chi connectivity index (χ2v) is 5.72. The predicted octanol–water partition coefficient (Wildman–Crippen LogP) is 1.31. The highest BCUT2D eigenvalue weighted by Gasteiger charge is 2.26. The van der Waals surface area contributed by atoms with Gasteiger partial charge < -0.3 is 25.3 Å². The minimum atomic E-state index is -0.571. The van der Waals surface area contributed by atoms with Crippen molar-refractivity contribution in [2.45, 2.75) is 13.5 Å². The van der Waals surface area contributed by atoms with Crippen molar-refractivity contribution in [3.63, 3.8) is 0 Å². The van der Waals surface area contributed by atoms with Gasteiger partial charge in [-0.3, -0.25) is 10.1 Å². The van der Waals surface area contributed by atoms with E-state index < -0.39 is 4.92 Å². The summed E-state index contributed by atoms with van der Waals surface area (Å²) in [4.78, 5) is 23.6. The average Bonchev–Trinajstić information content (AvgIpc) is 3.12. The standard InChI is InChI=1S/C15H21N7O3/c1-2-20-5-7-21(8-6-20)15-18-13(16)12(22(23)24)14(19-15)17-10-11-4-3-9-25-11/h3-4,9H,2,5-8,10H2,1H3,(H3,16,17,18,19). The molecular formula is C15H21N7O3. The molecule has 0 atom stereocenters. The van der Waals surface area contributed by atoms with Gasteiger partial charge in [0.2, 0.25) is 17.6 Å². The highest BCUT2D eigenvalue weighted by Crippen LogP contribution is 2.30. The molecule has 134 valence electrons. The van der Waals surface area contributed by atoms with E-state index in [2.05, 4.69) is 27.1 Å². The first-order valence-electron chi connectivity index (χ1n) is 8.14. The molecule has 0 unspecified atom stereocenters. The van der Waals surface area contributed by atoms with Crippen LogP contribution in [0, 0.1) is 10.1 Å². The topological polar surface area (TPSA) is 127 Å². The normalized spacial score (nSPS) is 15.3. The van der Waals surface area contributed by atoms with E-state index >= 15 is 0 Å². The van der Waals surface area contributed by atoms with Gasteiger partial charge in [-0.25, -0.2) is 0 Å². The first-order valence-corrected chi connectivity index (χ1v) is 8.14. The Labute approximate surface area is 144 Å². The van der Waals surface area contributed by atoms with Crippen LogP contribution in [0.2, 0.25) is 0 Å². The highest BCUT2D eigenvalue weighted by atomic mass is 16.6. The van der Waals surface area contributed by atoms with Crippen molar-refractivity contribution >= 4 is 23.3 Å². The predicted molar refractivity (Wildman–Crippen MR) is 93.5 cm³/mol. The zero-order valence-corrected chi connectivity index (χ0v) is 14.0. The molecule has 2 aromatic heterocycles. The van der Waals surface area contributed by atoms with Gasteiger partial charge in [-0.1, -0.05) is 6.92 Å². The SMILES string of the molecule is CCN1CCN(c2nc(N)c([N+](=O)[O-])c(NCc3ccco3)n2)CC1. The number of nitrogens with zero attached hydrogens (tertiary/aromatic N) is 5. The van der Waals surface area contributed by atoms with E-state index in [1.54, 1.807) is 18.4 Å². The summed E-state index contributed by atoms with van der Waals surface area (Å²) in [5.74, 6) is 1.00. The minimum absolute atomic E-state index is 0.0989. The molecular weight excluding hydrogens is 326 g/mol. The molecule has 10 heteroatoms. The number of aromatic nitrogens is 2. The maximum Gasteiger partial charge on any atom is 0.353 e. The zero-order valence-electron chi connectivity index (χ0n) is 14.0. The number of nitro groups is 1. The van der Waals surface area contributed by atoms with E-state index in [0.717, 1.165) is 32.7 Å². The van der Waals surface area contributed by atoms with Crippen LogP contribution >= 0.6 is 0 Å². The number of hydrogen-bond donors (Lipinski definition) is 2. The molecule has 1 aliphatic heterocycles. The lowest BCUT2D eigenvalue weighted by Gasteiger charge is -2.34. The first-order chi connectivity index (χ1) is 12.1. The second-order valence-electron chi connectivity index (χ2n) is 5.72. The van der Waals surface area contributed by atoms with Gasteiger partial charge in [0.05, 0.1) is 17.7 Å². The van der Waals surface area contributed by atoms with Crippen LogP contribution in [-0.2, 0) is 6.54 Å². The van der Waals surface area contributed by atoms with Crippen molar-refractivity contribution in [1.29, 1.82) is 0 Å². The number of anilines is 3. The Hall–Kier alpha value is -2.88. The van der Waals surface area contributed by atoms with E-state index in [4.69, 9.17) is 10.2 Å². The zero-order chi connectivity index (χ0) is 17.8. The van der Waals surface area contributed by atoms with Gasteiger partial charge in [0, 0.05) is 26.2 Å². The van der Waals surface area contributed by atoms with Gasteiger partial charge in [0.15, 0.2) is 0 Å². The molecule has 25 heavy (non-hydrogen) atoms. The number of piperazine rings is 1. The Balaban J connectivity index is 1.83. The summed E-state index contributed by atoms with van der Waals surface area (Å²) in [5.41, 5.74) is 5.52. The fraction of sp³-hybridized carbons (Fsp3) is 0.467. The first kappa shape index (κ1) is 17.0. The number of rotatable bonds is 6. The molecule has 10 nitrogen and oxygen atoms in total. The molecule has 0 amide bonds. The van der Waals surface area contributed by atoms with Gasteiger partial charge in [-0.2, -0.15) is 9.97 Å². The second kappa shape index (κ2) is 7.34. The Morgan fingerprint density at radius 1 is 1.36 bits per heavy atom. The lowest BCUT2D eigenvalue weighted by molar-refractivity contribution is -0.383. The van der Waals surface area contributed by atoms with E-state index in [1.165, 1.54) is 0 Å². The summed E-state index contributed by atoms with van der Waals surface area (Å²) in [5, 5.41) is 14.3. The van der Waals surface area contributed by atoms with Crippen molar-refractivity contribution < 1.29 is 9.34 Å². The van der Waals surface area contributed by atoms with Crippen LogP contribution in [0.3, 0.4) is 0 Å². The van der Waals surface area contributed by atoms with Gasteiger partial charge in [0.25, 0.3) is 0 Å². The monoisotopic (exact) mass is 347 g/mol. The quantitative estimate of drug-likeness (QED) is 0.587. The van der Waals surface area contributed by atoms with Crippen LogP contribution in [0.25, 0.3) is 0 Å². The average molecular weight is 347 g/mol. The Morgan fingerprint density at radius 3 is 2.72 bits per heavy atom. The van der Waals surface area contributed by atoms with E-state index in [1.807, 2.05) is 4.90 Å². The number of nitrogens with one attached hydrogen (secondary N) is 1. The van der Waals surface area contributed by atoms with Crippen molar-refractivity contribution in [3.05, 3.63) is 34.3 Å². The van der Waals surface area contributed by atoms with Crippen LogP contribution < -0.4 is 16.0 Å². The van der Waals surface area contributed by atoms with Crippen LogP contribution in [-0.4, -0.2) is 52.5 Å². The van der Waals surface area contributed by atoms with Gasteiger partial charge >= 0.3 is 5.69 Å². The summed E-state index contributed by atoms with van der Waals surface area (Å²) in [6.45, 7) is 6.68. The molecule has 1 aliphatic rings. The van der Waals surface area contributed by atoms with Crippen LogP contribution in [0.15, 0.2) is 22.8 Å². The Kier molecular flexibility index (Phi) is 4.98. The fourth-order valence-corrected chi connectivity index (χ4v) is 2.75. The van der Waals surface area contributed by atoms with Gasteiger partial charge in [0.1, 0.15) is 5.76 Å². The van der Waals surface area contributed by atoms with Gasteiger partial charge in [-0.05, 0) is 18.7 Å². The summed E-state index contributed by atoms with van der Waals surface area (Å²) in [6.07, 6.45) is 1.54. The largest absolute Gasteiger partial charge is 0.467 e. The smallest absolute Gasteiger partial charge is 0.353 e. The van der Waals surface area contributed by atoms with Gasteiger partial charge in [-0.15, -0.1) is 0 Å². The molecule has 2 aromatic rings. The van der Waals surface area contributed by atoms with Crippen molar-refractivity contribution in [3.8, 4) is 0 Å². The number of nitrogen functional groups attached to an aromatic ring is 1. The molecule has 0 bridgehead atoms. The molecule has 3 N–H and O–H groups in total. The maximum atomic E-state index is 11.3. The number of furan rings is 1. The lowest BCUT2D eigenvalue weighted by Crippen LogP contribution is -2.46. The number of nitrogens with two attached hydrogens (primary N) is 1. The molecule has 1 fully saturated rings. The number of likely N-dealkylation sites (N-methyl/N-ethyl adjacent to an activating group) is 1. The fourth-order valence-electron chi connectivity index (χ4n) is 2.75. The summed E-state index contributed by atoms with van der Waals surface area (Å²) in [7, 11) is 0. The highest BCUT2D eigenvalue weighted by molar-refractivity contribution is 5.70. The number of hydrogen-bond acceptors (Lipinski definition) is 9. The lowest BCUT2D eigenvalue weighted by atomic mass is 10.3. The molecule has 0 radical (unpaired) electrons. The van der Waals surface area contributed by atoms with E-state index in [0.29, 0.717) is 11.7 Å². The Morgan fingerprint density at radius 2 is 2.12 bits per heavy atom. The third-order valence-corrected chi connectivity index (χ3v) is 4.19. The summed E-state index contributed by atoms with van der Waals surface area (Å²) < 4.78 is 5.23. The third kappa shape index (κ3) is 3.79. The molecule has 0 saturated carbocycles. The van der Waals surface area contributed by atoms with Crippen LogP contribution in [0.4, 0.5) is 23.3 Å². The molecule has 3 heterocycles. The molecule has 3 rings (SSSR count). The van der Waals surface area contributed by atoms with E-state index in [-0.39, 0.29) is 23.9 Å². The van der Waals surface area contributed by atoms with Crippen LogP contribution in [0.5, 0.6) is 0 Å². The summed E-state index contributed by atoms with van der Waals surface area (Å²) >= 11 is 0. The summed E-state index contributed by atoms with van der Waals surface area (Å²) in [6, 6.07) is 3.52. The van der Waals surface area contributed by atoms with E-state index in [9.17, 15) is 10.1 Å². The van der Waals surface area contributed by atoms with Crippen molar-refractivity contribution in [2.75, 3.05) is 48.7 Å². The molecule has 0 aliphatic carbocycles. The van der Waals surface area contributed by atoms with Crippen LogP contribution in [0.1, 0.15) is 12.7 Å². The van der Waals surface area contributed by atoms with Crippen molar-refractivity contribution in [2.24, 2.45) is 0 Å². The maximum absolute atomic E-state index is 11.3. The Bertz CT molecular complexity index is 727. The molecule has 0 aromatic carbocycles.